The van der Waals surface area contributed by atoms with Crippen molar-refractivity contribution in [3.63, 3.8) is 0 Å². The first-order valence-electron chi connectivity index (χ1n) is 9.01. The summed E-state index contributed by atoms with van der Waals surface area (Å²) in [5.74, 6) is -1.10. The highest BCUT2D eigenvalue weighted by molar-refractivity contribution is 5.95. The molecule has 1 heterocycles. The van der Waals surface area contributed by atoms with Crippen LogP contribution in [0.1, 0.15) is 32.6 Å². The van der Waals surface area contributed by atoms with Gasteiger partial charge >= 0.3 is 5.97 Å². The lowest BCUT2D eigenvalue weighted by Gasteiger charge is -2.24. The molecule has 1 aromatic carbocycles. The van der Waals surface area contributed by atoms with Crippen LogP contribution >= 0.6 is 0 Å². The molecule has 1 N–H and O–H groups in total. The minimum atomic E-state index is -0.910. The lowest BCUT2D eigenvalue weighted by molar-refractivity contribution is -0.143. The number of aliphatic carboxylic acids is 1. The lowest BCUT2D eigenvalue weighted by Crippen LogP contribution is -2.41. The molecule has 2 aliphatic rings. The number of carboxylic acid groups (broad SMARTS) is 1. The summed E-state index contributed by atoms with van der Waals surface area (Å²) in [6, 6.07) is 7.28. The summed E-state index contributed by atoms with van der Waals surface area (Å²) < 4.78 is 5.63. The Kier molecular flexibility index (Phi) is 5.44. The van der Waals surface area contributed by atoms with Crippen molar-refractivity contribution in [3.8, 4) is 5.75 Å². The summed E-state index contributed by atoms with van der Waals surface area (Å²) >= 11 is 0. The molecule has 7 nitrogen and oxygen atoms in total. The van der Waals surface area contributed by atoms with Gasteiger partial charge in [0.25, 0.3) is 5.91 Å². The van der Waals surface area contributed by atoms with Crippen molar-refractivity contribution in [2.45, 2.75) is 38.6 Å². The first-order chi connectivity index (χ1) is 12.5. The molecule has 1 unspecified atom stereocenters. The molecule has 1 aromatic rings. The molecule has 0 bridgehead atoms. The van der Waals surface area contributed by atoms with E-state index in [4.69, 9.17) is 9.84 Å². The fourth-order valence-corrected chi connectivity index (χ4v) is 3.10. The number of hydrogen-bond donors (Lipinski definition) is 1. The van der Waals surface area contributed by atoms with Gasteiger partial charge in [0.2, 0.25) is 5.91 Å². The van der Waals surface area contributed by atoms with E-state index in [0.29, 0.717) is 18.7 Å². The number of ether oxygens (including phenoxy) is 1. The summed E-state index contributed by atoms with van der Waals surface area (Å²) in [5.41, 5.74) is 0.774. The normalized spacial score (nSPS) is 17.9. The predicted molar refractivity (Wildman–Crippen MR) is 95.1 cm³/mol. The predicted octanol–water partition coefficient (Wildman–Crippen LogP) is 1.90. The summed E-state index contributed by atoms with van der Waals surface area (Å²) in [7, 11) is 0. The second-order valence-corrected chi connectivity index (χ2v) is 6.95. The largest absolute Gasteiger partial charge is 0.484 e. The topological polar surface area (TPSA) is 87.2 Å². The van der Waals surface area contributed by atoms with E-state index in [1.54, 1.807) is 34.9 Å². The monoisotopic (exact) mass is 360 g/mol. The minimum Gasteiger partial charge on any atom is -0.484 e. The van der Waals surface area contributed by atoms with E-state index in [1.807, 2.05) is 6.07 Å². The number of amides is 2. The molecule has 1 atom stereocenters. The van der Waals surface area contributed by atoms with Gasteiger partial charge in [0.05, 0.1) is 5.92 Å². The third kappa shape index (κ3) is 4.33. The van der Waals surface area contributed by atoms with Crippen LogP contribution < -0.4 is 9.64 Å². The highest BCUT2D eigenvalue weighted by atomic mass is 16.5. The zero-order valence-corrected chi connectivity index (χ0v) is 14.9. The third-order valence-corrected chi connectivity index (χ3v) is 4.77. The van der Waals surface area contributed by atoms with Gasteiger partial charge in [-0.15, -0.1) is 0 Å². The quantitative estimate of drug-likeness (QED) is 0.765. The highest BCUT2D eigenvalue weighted by Gasteiger charge is 2.34. The Bertz CT molecular complexity index is 701. The molecule has 1 saturated carbocycles. The molecule has 1 aliphatic carbocycles. The number of anilines is 1. The Balaban J connectivity index is 1.59. The maximum absolute atomic E-state index is 12.5. The summed E-state index contributed by atoms with van der Waals surface area (Å²) in [6.45, 7) is 2.36. The zero-order valence-electron chi connectivity index (χ0n) is 14.9. The van der Waals surface area contributed by atoms with Crippen molar-refractivity contribution < 1.29 is 24.2 Å². The molecule has 7 heteroatoms. The molecular formula is C19H24N2O5. The molecule has 0 radical (unpaired) electrons. The van der Waals surface area contributed by atoms with Crippen molar-refractivity contribution in [1.29, 1.82) is 0 Å². The molecule has 1 saturated heterocycles. The van der Waals surface area contributed by atoms with Gasteiger partial charge < -0.3 is 19.6 Å². The molecule has 0 aromatic heterocycles. The van der Waals surface area contributed by atoms with Gasteiger partial charge in [-0.1, -0.05) is 13.0 Å². The van der Waals surface area contributed by atoms with E-state index in [1.165, 1.54) is 0 Å². The van der Waals surface area contributed by atoms with Gasteiger partial charge in [-0.25, -0.2) is 0 Å². The van der Waals surface area contributed by atoms with Crippen LogP contribution in [0, 0.1) is 5.92 Å². The number of benzene rings is 1. The Morgan fingerprint density at radius 3 is 2.77 bits per heavy atom. The van der Waals surface area contributed by atoms with Gasteiger partial charge in [-0.3, -0.25) is 14.4 Å². The average Bonchev–Trinajstić information content (AvgIpc) is 3.37. The van der Waals surface area contributed by atoms with E-state index in [9.17, 15) is 14.4 Å². The lowest BCUT2D eigenvalue weighted by atomic mass is 10.1. The maximum Gasteiger partial charge on any atom is 0.308 e. The van der Waals surface area contributed by atoms with E-state index < -0.39 is 11.9 Å². The number of carbonyl (C=O) groups is 3. The maximum atomic E-state index is 12.5. The summed E-state index contributed by atoms with van der Waals surface area (Å²) in [5, 5.41) is 9.08. The minimum absolute atomic E-state index is 0.0980. The van der Waals surface area contributed by atoms with Crippen molar-refractivity contribution in [2.75, 3.05) is 24.6 Å². The van der Waals surface area contributed by atoms with Gasteiger partial charge in [0.1, 0.15) is 5.75 Å². The highest BCUT2D eigenvalue weighted by Crippen LogP contribution is 2.28. The Hall–Kier alpha value is -2.57. The zero-order chi connectivity index (χ0) is 18.7. The van der Waals surface area contributed by atoms with Gasteiger partial charge in [0, 0.05) is 37.3 Å². The number of carbonyl (C=O) groups excluding carboxylic acids is 2. The first-order valence-corrected chi connectivity index (χ1v) is 9.01. The van der Waals surface area contributed by atoms with Crippen LogP contribution in [0.4, 0.5) is 5.69 Å². The molecule has 2 fully saturated rings. The molecule has 140 valence electrons. The smallest absolute Gasteiger partial charge is 0.308 e. The second kappa shape index (κ2) is 7.76. The van der Waals surface area contributed by atoms with Crippen LogP contribution in [0.3, 0.4) is 0 Å². The fraction of sp³-hybridized carbons (Fsp3) is 0.526. The van der Waals surface area contributed by atoms with Crippen molar-refractivity contribution in [3.05, 3.63) is 24.3 Å². The van der Waals surface area contributed by atoms with Crippen molar-refractivity contribution in [2.24, 2.45) is 5.92 Å². The van der Waals surface area contributed by atoms with Crippen LogP contribution in [0.5, 0.6) is 5.75 Å². The van der Waals surface area contributed by atoms with E-state index in [2.05, 4.69) is 0 Å². The summed E-state index contributed by atoms with van der Waals surface area (Å²) in [6.07, 6.45) is 3.22. The average molecular weight is 360 g/mol. The van der Waals surface area contributed by atoms with Crippen LogP contribution in [-0.2, 0) is 14.4 Å². The third-order valence-electron chi connectivity index (χ3n) is 4.77. The second-order valence-electron chi connectivity index (χ2n) is 6.95. The van der Waals surface area contributed by atoms with Crippen LogP contribution in [0.15, 0.2) is 24.3 Å². The van der Waals surface area contributed by atoms with Gasteiger partial charge in [0.15, 0.2) is 6.61 Å². The van der Waals surface area contributed by atoms with Gasteiger partial charge in [-0.05, 0) is 31.4 Å². The van der Waals surface area contributed by atoms with E-state index in [-0.39, 0.29) is 31.0 Å². The van der Waals surface area contributed by atoms with Crippen LogP contribution in [0.2, 0.25) is 0 Å². The molecule has 0 spiro atoms. The molecule has 1 aliphatic heterocycles. The molecule has 26 heavy (non-hydrogen) atoms. The summed E-state index contributed by atoms with van der Waals surface area (Å²) in [4.78, 5) is 38.8. The Labute approximate surface area is 152 Å². The molecular weight excluding hydrogens is 336 g/mol. The number of carboxylic acids is 1. The van der Waals surface area contributed by atoms with Crippen LogP contribution in [-0.4, -0.2) is 53.5 Å². The van der Waals surface area contributed by atoms with Crippen LogP contribution in [0.25, 0.3) is 0 Å². The number of rotatable bonds is 8. The number of nitrogens with zero attached hydrogens (tertiary/aromatic N) is 2. The molecule has 3 rings (SSSR count). The van der Waals surface area contributed by atoms with Crippen molar-refractivity contribution >= 4 is 23.5 Å². The Morgan fingerprint density at radius 1 is 1.38 bits per heavy atom. The standard InChI is InChI=1S/C19H24N2O5/c1-13(19(24)25)11-21(14-7-8-14)18(23)12-26-16-5-2-4-15(10-16)20-9-3-6-17(20)22/h2,4-5,10,13-14H,3,6-9,11-12H2,1H3,(H,24,25). The SMILES string of the molecule is CC(CN(C(=O)COc1cccc(N2CCCC2=O)c1)C1CC1)C(=O)O. The van der Waals surface area contributed by atoms with E-state index >= 15 is 0 Å². The number of hydrogen-bond acceptors (Lipinski definition) is 4. The van der Waals surface area contributed by atoms with E-state index in [0.717, 1.165) is 24.9 Å². The molecule has 2 amide bonds. The Morgan fingerprint density at radius 2 is 2.15 bits per heavy atom. The fourth-order valence-electron chi connectivity index (χ4n) is 3.10. The van der Waals surface area contributed by atoms with Gasteiger partial charge in [-0.2, -0.15) is 0 Å². The van der Waals surface area contributed by atoms with Crippen molar-refractivity contribution in [1.82, 2.24) is 4.90 Å². The first kappa shape index (κ1) is 18.2.